The lowest BCUT2D eigenvalue weighted by Gasteiger charge is -2.06. The summed E-state index contributed by atoms with van der Waals surface area (Å²) in [5, 5.41) is 11.9. The van der Waals surface area contributed by atoms with Crippen molar-refractivity contribution in [3.63, 3.8) is 0 Å². The Labute approximate surface area is 136 Å². The first-order chi connectivity index (χ1) is 11.1. The number of nitriles is 1. The number of amides is 1. The monoisotopic (exact) mass is 306 g/mol. The van der Waals surface area contributed by atoms with Gasteiger partial charge < -0.3 is 10.1 Å². The Morgan fingerprint density at radius 1 is 1.26 bits per heavy atom. The average Bonchev–Trinajstić information content (AvgIpc) is 2.58. The van der Waals surface area contributed by atoms with Gasteiger partial charge in [0.15, 0.2) is 0 Å². The van der Waals surface area contributed by atoms with Gasteiger partial charge in [0.1, 0.15) is 17.4 Å². The summed E-state index contributed by atoms with van der Waals surface area (Å²) in [4.78, 5) is 12.1. The third-order valence-electron chi connectivity index (χ3n) is 3.33. The molecule has 0 saturated carbocycles. The molecule has 2 rings (SSSR count). The van der Waals surface area contributed by atoms with Crippen LogP contribution >= 0.6 is 0 Å². The van der Waals surface area contributed by atoms with E-state index in [2.05, 4.69) is 5.32 Å². The molecule has 4 nitrogen and oxygen atoms in total. The highest BCUT2D eigenvalue weighted by Gasteiger charge is 2.08. The number of carbonyl (C=O) groups is 1. The van der Waals surface area contributed by atoms with E-state index in [1.54, 1.807) is 13.2 Å². The number of methoxy groups -OCH3 is 1. The molecule has 2 aromatic carbocycles. The molecular weight excluding hydrogens is 288 g/mol. The number of carbonyl (C=O) groups excluding carboxylic acids is 1. The van der Waals surface area contributed by atoms with Gasteiger partial charge in [0.2, 0.25) is 0 Å². The lowest BCUT2D eigenvalue weighted by molar-refractivity contribution is -0.117. The summed E-state index contributed by atoms with van der Waals surface area (Å²) < 4.78 is 5.09. The number of nitrogens with zero attached hydrogens (tertiary/aromatic N) is 1. The summed E-state index contributed by atoms with van der Waals surface area (Å²) in [6, 6.07) is 17.0. The summed E-state index contributed by atoms with van der Waals surface area (Å²) in [5.41, 5.74) is 2.94. The fourth-order valence-electron chi connectivity index (χ4n) is 2.10. The van der Waals surface area contributed by atoms with Gasteiger partial charge in [-0.15, -0.1) is 0 Å². The maximum atomic E-state index is 12.1. The van der Waals surface area contributed by atoms with Crippen LogP contribution in [0.4, 0.5) is 0 Å². The molecule has 0 aliphatic carbocycles. The zero-order valence-corrected chi connectivity index (χ0v) is 13.2. The summed E-state index contributed by atoms with van der Waals surface area (Å²) in [6.45, 7) is 2.32. The predicted octanol–water partition coefficient (Wildman–Crippen LogP) is 3.23. The van der Waals surface area contributed by atoms with Crippen LogP contribution < -0.4 is 10.1 Å². The standard InChI is InChI=1S/C19H18N2O2/c1-14-4-3-5-16(10-14)11-17(12-20)19(22)21-13-15-6-8-18(23-2)9-7-15/h3-11H,13H2,1-2H3,(H,21,22)/b17-11-. The number of benzene rings is 2. The molecule has 0 aromatic heterocycles. The molecule has 0 heterocycles. The van der Waals surface area contributed by atoms with Crippen LogP contribution in [0.1, 0.15) is 16.7 Å². The summed E-state index contributed by atoms with van der Waals surface area (Å²) >= 11 is 0. The quantitative estimate of drug-likeness (QED) is 0.681. The first kappa shape index (κ1) is 16.3. The summed E-state index contributed by atoms with van der Waals surface area (Å²) in [5.74, 6) is 0.377. The van der Waals surface area contributed by atoms with Crippen molar-refractivity contribution in [1.82, 2.24) is 5.32 Å². The van der Waals surface area contributed by atoms with Gasteiger partial charge >= 0.3 is 0 Å². The van der Waals surface area contributed by atoms with E-state index >= 15 is 0 Å². The molecule has 0 fully saturated rings. The van der Waals surface area contributed by atoms with Crippen molar-refractivity contribution in [1.29, 1.82) is 5.26 Å². The summed E-state index contributed by atoms with van der Waals surface area (Å²) in [6.07, 6.45) is 1.59. The highest BCUT2D eigenvalue weighted by Crippen LogP contribution is 2.12. The number of ether oxygens (including phenoxy) is 1. The van der Waals surface area contributed by atoms with Crippen molar-refractivity contribution in [2.75, 3.05) is 7.11 Å². The Morgan fingerprint density at radius 3 is 2.61 bits per heavy atom. The predicted molar refractivity (Wildman–Crippen MR) is 89.6 cm³/mol. The molecule has 0 aliphatic rings. The van der Waals surface area contributed by atoms with E-state index in [9.17, 15) is 10.1 Å². The van der Waals surface area contributed by atoms with Gasteiger partial charge in [0, 0.05) is 6.54 Å². The fraction of sp³-hybridized carbons (Fsp3) is 0.158. The molecule has 0 saturated heterocycles. The van der Waals surface area contributed by atoms with Gasteiger partial charge in [-0.25, -0.2) is 0 Å². The van der Waals surface area contributed by atoms with E-state index in [4.69, 9.17) is 4.74 Å². The Bertz CT molecular complexity index is 756. The van der Waals surface area contributed by atoms with E-state index in [1.807, 2.05) is 61.5 Å². The van der Waals surface area contributed by atoms with Crippen molar-refractivity contribution < 1.29 is 9.53 Å². The highest BCUT2D eigenvalue weighted by molar-refractivity contribution is 6.01. The number of aryl methyl sites for hydroxylation is 1. The van der Waals surface area contributed by atoms with E-state index in [0.29, 0.717) is 6.54 Å². The molecule has 0 radical (unpaired) electrons. The maximum Gasteiger partial charge on any atom is 0.262 e. The Hall–Kier alpha value is -3.06. The lowest BCUT2D eigenvalue weighted by Crippen LogP contribution is -2.23. The van der Waals surface area contributed by atoms with Gasteiger partial charge in [-0.3, -0.25) is 4.79 Å². The van der Waals surface area contributed by atoms with Crippen molar-refractivity contribution in [2.24, 2.45) is 0 Å². The molecule has 0 spiro atoms. The fourth-order valence-corrected chi connectivity index (χ4v) is 2.10. The van der Waals surface area contributed by atoms with E-state index in [1.165, 1.54) is 0 Å². The first-order valence-electron chi connectivity index (χ1n) is 7.22. The number of hydrogen-bond donors (Lipinski definition) is 1. The normalized spacial score (nSPS) is 10.7. The first-order valence-corrected chi connectivity index (χ1v) is 7.22. The van der Waals surface area contributed by atoms with E-state index in [-0.39, 0.29) is 11.5 Å². The number of rotatable bonds is 5. The molecule has 0 atom stereocenters. The smallest absolute Gasteiger partial charge is 0.262 e. The van der Waals surface area contributed by atoms with Gasteiger partial charge in [-0.05, 0) is 36.3 Å². The van der Waals surface area contributed by atoms with Crippen LogP contribution in [0.3, 0.4) is 0 Å². The molecule has 116 valence electrons. The van der Waals surface area contributed by atoms with Crippen LogP contribution in [0.5, 0.6) is 5.75 Å². The molecule has 0 aliphatic heterocycles. The molecule has 1 amide bonds. The zero-order valence-electron chi connectivity index (χ0n) is 13.2. The summed E-state index contributed by atoms with van der Waals surface area (Å²) in [7, 11) is 1.60. The zero-order chi connectivity index (χ0) is 16.7. The van der Waals surface area contributed by atoms with Gasteiger partial charge in [-0.2, -0.15) is 5.26 Å². The topological polar surface area (TPSA) is 62.1 Å². The SMILES string of the molecule is COc1ccc(CNC(=O)/C(C#N)=C\c2cccc(C)c2)cc1. The van der Waals surface area contributed by atoms with Crippen LogP contribution in [0.15, 0.2) is 54.1 Å². The van der Waals surface area contributed by atoms with Crippen molar-refractivity contribution in [2.45, 2.75) is 13.5 Å². The lowest BCUT2D eigenvalue weighted by atomic mass is 10.1. The molecule has 0 bridgehead atoms. The maximum absolute atomic E-state index is 12.1. The van der Waals surface area contributed by atoms with Crippen molar-refractivity contribution in [3.8, 4) is 11.8 Å². The van der Waals surface area contributed by atoms with Crippen LogP contribution in [0, 0.1) is 18.3 Å². The molecule has 23 heavy (non-hydrogen) atoms. The Kier molecular flexibility index (Phi) is 5.54. The second kappa shape index (κ2) is 7.81. The second-order valence-corrected chi connectivity index (χ2v) is 5.11. The van der Waals surface area contributed by atoms with Crippen LogP contribution in [-0.2, 0) is 11.3 Å². The van der Waals surface area contributed by atoms with Crippen LogP contribution in [0.2, 0.25) is 0 Å². The highest BCUT2D eigenvalue weighted by atomic mass is 16.5. The largest absolute Gasteiger partial charge is 0.497 e. The number of hydrogen-bond acceptors (Lipinski definition) is 3. The van der Waals surface area contributed by atoms with Crippen molar-refractivity contribution >= 4 is 12.0 Å². The Balaban J connectivity index is 2.04. The van der Waals surface area contributed by atoms with Crippen molar-refractivity contribution in [3.05, 3.63) is 70.8 Å². The molecule has 4 heteroatoms. The van der Waals surface area contributed by atoms with E-state index < -0.39 is 0 Å². The Morgan fingerprint density at radius 2 is 2.00 bits per heavy atom. The number of nitrogens with one attached hydrogen (secondary N) is 1. The van der Waals surface area contributed by atoms with Crippen LogP contribution in [-0.4, -0.2) is 13.0 Å². The van der Waals surface area contributed by atoms with E-state index in [0.717, 1.165) is 22.4 Å². The minimum absolute atomic E-state index is 0.0871. The molecule has 0 unspecified atom stereocenters. The minimum Gasteiger partial charge on any atom is -0.497 e. The third kappa shape index (κ3) is 4.72. The molecular formula is C19H18N2O2. The third-order valence-corrected chi connectivity index (χ3v) is 3.33. The second-order valence-electron chi connectivity index (χ2n) is 5.11. The minimum atomic E-state index is -0.384. The molecule has 1 N–H and O–H groups in total. The van der Waals surface area contributed by atoms with Gasteiger partial charge in [-0.1, -0.05) is 42.0 Å². The molecule has 2 aromatic rings. The van der Waals surface area contributed by atoms with Gasteiger partial charge in [0.25, 0.3) is 5.91 Å². The average molecular weight is 306 g/mol. The van der Waals surface area contributed by atoms with Crippen LogP contribution in [0.25, 0.3) is 6.08 Å². The van der Waals surface area contributed by atoms with Gasteiger partial charge in [0.05, 0.1) is 7.11 Å².